The third kappa shape index (κ3) is 2.54. The number of amides is 1. The van der Waals surface area contributed by atoms with Gasteiger partial charge in [-0.25, -0.2) is 4.39 Å². The lowest BCUT2D eigenvalue weighted by Gasteiger charge is -2.04. The van der Waals surface area contributed by atoms with Crippen molar-refractivity contribution in [3.63, 3.8) is 0 Å². The summed E-state index contributed by atoms with van der Waals surface area (Å²) in [6.07, 6.45) is 0.789. The Labute approximate surface area is 76.8 Å². The topological polar surface area (TPSA) is 29.1 Å². The summed E-state index contributed by atoms with van der Waals surface area (Å²) in [6, 6.07) is 4.81. The van der Waals surface area contributed by atoms with Crippen LogP contribution in [0, 0.1) is 5.82 Å². The lowest BCUT2D eigenvalue weighted by Crippen LogP contribution is -2.07. The molecule has 0 heterocycles. The first-order chi connectivity index (χ1) is 6.13. The quantitative estimate of drug-likeness (QED) is 0.745. The van der Waals surface area contributed by atoms with Gasteiger partial charge in [-0.3, -0.25) is 4.79 Å². The molecule has 2 nitrogen and oxygen atoms in total. The summed E-state index contributed by atoms with van der Waals surface area (Å²) < 4.78 is 13.2. The summed E-state index contributed by atoms with van der Waals surface area (Å²) >= 11 is 0. The van der Waals surface area contributed by atoms with E-state index in [9.17, 15) is 9.18 Å². The van der Waals surface area contributed by atoms with Crippen LogP contribution >= 0.6 is 0 Å². The highest BCUT2D eigenvalue weighted by Gasteiger charge is 2.03. The maximum absolute atomic E-state index is 13.2. The SMILES string of the molecule is CCc1ccc(NC(C)=O)c(F)c1. The van der Waals surface area contributed by atoms with Gasteiger partial charge in [0.05, 0.1) is 5.69 Å². The second kappa shape index (κ2) is 4.03. The highest BCUT2D eigenvalue weighted by atomic mass is 19.1. The van der Waals surface area contributed by atoms with Crippen molar-refractivity contribution < 1.29 is 9.18 Å². The fourth-order valence-electron chi connectivity index (χ4n) is 1.07. The first kappa shape index (κ1) is 9.71. The van der Waals surface area contributed by atoms with Crippen molar-refractivity contribution in [3.05, 3.63) is 29.6 Å². The number of rotatable bonds is 2. The van der Waals surface area contributed by atoms with E-state index in [2.05, 4.69) is 5.32 Å². The third-order valence-electron chi connectivity index (χ3n) is 1.75. The van der Waals surface area contributed by atoms with Gasteiger partial charge in [0.1, 0.15) is 5.82 Å². The molecule has 0 saturated heterocycles. The third-order valence-corrected chi connectivity index (χ3v) is 1.75. The Kier molecular flexibility index (Phi) is 3.01. The number of halogens is 1. The van der Waals surface area contributed by atoms with Gasteiger partial charge in [0, 0.05) is 6.92 Å². The van der Waals surface area contributed by atoms with Crippen molar-refractivity contribution in [2.45, 2.75) is 20.3 Å². The van der Waals surface area contributed by atoms with Crippen LogP contribution in [0.3, 0.4) is 0 Å². The number of hydrogen-bond donors (Lipinski definition) is 1. The molecule has 1 rings (SSSR count). The molecule has 1 amide bonds. The number of nitrogens with one attached hydrogen (secondary N) is 1. The summed E-state index contributed by atoms with van der Waals surface area (Å²) in [5.74, 6) is -0.641. The molecule has 1 aromatic rings. The van der Waals surface area contributed by atoms with Crippen LogP contribution in [0.2, 0.25) is 0 Å². The molecule has 1 aromatic carbocycles. The molecule has 0 spiro atoms. The van der Waals surface area contributed by atoms with Gasteiger partial charge < -0.3 is 5.32 Å². The molecule has 70 valence electrons. The predicted octanol–water partition coefficient (Wildman–Crippen LogP) is 2.35. The Hall–Kier alpha value is -1.38. The van der Waals surface area contributed by atoms with E-state index in [1.807, 2.05) is 6.92 Å². The van der Waals surface area contributed by atoms with E-state index >= 15 is 0 Å². The summed E-state index contributed by atoms with van der Waals surface area (Å²) in [4.78, 5) is 10.6. The van der Waals surface area contributed by atoms with Crippen molar-refractivity contribution in [1.82, 2.24) is 0 Å². The molecule has 0 aliphatic heterocycles. The predicted molar refractivity (Wildman–Crippen MR) is 50.1 cm³/mol. The number of benzene rings is 1. The van der Waals surface area contributed by atoms with E-state index in [-0.39, 0.29) is 17.4 Å². The van der Waals surface area contributed by atoms with Crippen LogP contribution in [0.15, 0.2) is 18.2 Å². The smallest absolute Gasteiger partial charge is 0.221 e. The summed E-state index contributed by atoms with van der Waals surface area (Å²) in [5, 5.41) is 2.41. The Bertz CT molecular complexity index is 323. The highest BCUT2D eigenvalue weighted by Crippen LogP contribution is 2.15. The number of aryl methyl sites for hydroxylation is 1. The average molecular weight is 181 g/mol. The van der Waals surface area contributed by atoms with Crippen molar-refractivity contribution in [1.29, 1.82) is 0 Å². The number of carbonyl (C=O) groups is 1. The van der Waals surface area contributed by atoms with E-state index in [0.29, 0.717) is 0 Å². The van der Waals surface area contributed by atoms with Gasteiger partial charge in [-0.1, -0.05) is 13.0 Å². The first-order valence-corrected chi connectivity index (χ1v) is 4.19. The summed E-state index contributed by atoms with van der Waals surface area (Å²) in [6.45, 7) is 3.31. The van der Waals surface area contributed by atoms with Crippen LogP contribution < -0.4 is 5.32 Å². The van der Waals surface area contributed by atoms with E-state index in [0.717, 1.165) is 12.0 Å². The number of anilines is 1. The number of hydrogen-bond acceptors (Lipinski definition) is 1. The van der Waals surface area contributed by atoms with Crippen LogP contribution in [-0.2, 0) is 11.2 Å². The van der Waals surface area contributed by atoms with Gasteiger partial charge >= 0.3 is 0 Å². The van der Waals surface area contributed by atoms with Crippen LogP contribution in [0.4, 0.5) is 10.1 Å². The lowest BCUT2D eigenvalue weighted by molar-refractivity contribution is -0.114. The van der Waals surface area contributed by atoms with E-state index in [4.69, 9.17) is 0 Å². The molecule has 0 fully saturated rings. The van der Waals surface area contributed by atoms with Crippen LogP contribution in [0.25, 0.3) is 0 Å². The van der Waals surface area contributed by atoms with Crippen molar-refractivity contribution in [2.24, 2.45) is 0 Å². The molecule has 1 N–H and O–H groups in total. The maximum Gasteiger partial charge on any atom is 0.221 e. The zero-order valence-corrected chi connectivity index (χ0v) is 7.73. The molecule has 3 heteroatoms. The molecule has 0 aliphatic rings. The Morgan fingerprint density at radius 1 is 1.54 bits per heavy atom. The molecule has 0 bridgehead atoms. The van der Waals surface area contributed by atoms with Crippen LogP contribution in [0.5, 0.6) is 0 Å². The summed E-state index contributed by atoms with van der Waals surface area (Å²) in [5.41, 5.74) is 1.16. The molecule has 0 atom stereocenters. The minimum absolute atomic E-state index is 0.240. The van der Waals surface area contributed by atoms with Gasteiger partial charge in [0.15, 0.2) is 0 Å². The molecule has 0 saturated carbocycles. The van der Waals surface area contributed by atoms with E-state index in [1.54, 1.807) is 12.1 Å². The van der Waals surface area contributed by atoms with E-state index in [1.165, 1.54) is 13.0 Å². The van der Waals surface area contributed by atoms with Gasteiger partial charge in [-0.2, -0.15) is 0 Å². The molecule has 13 heavy (non-hydrogen) atoms. The van der Waals surface area contributed by atoms with Crippen LogP contribution in [-0.4, -0.2) is 5.91 Å². The van der Waals surface area contributed by atoms with Gasteiger partial charge in [0.25, 0.3) is 0 Å². The van der Waals surface area contributed by atoms with Crippen molar-refractivity contribution in [3.8, 4) is 0 Å². The molecule has 0 aromatic heterocycles. The van der Waals surface area contributed by atoms with Crippen molar-refractivity contribution in [2.75, 3.05) is 5.32 Å². The maximum atomic E-state index is 13.2. The van der Waals surface area contributed by atoms with Gasteiger partial charge in [-0.15, -0.1) is 0 Å². The molecule has 0 aliphatic carbocycles. The fourth-order valence-corrected chi connectivity index (χ4v) is 1.07. The van der Waals surface area contributed by atoms with E-state index < -0.39 is 0 Å². The minimum atomic E-state index is -0.380. The molecular weight excluding hydrogens is 169 g/mol. The Morgan fingerprint density at radius 2 is 2.23 bits per heavy atom. The molecule has 0 unspecified atom stereocenters. The highest BCUT2D eigenvalue weighted by molar-refractivity contribution is 5.88. The van der Waals surface area contributed by atoms with Crippen LogP contribution in [0.1, 0.15) is 19.4 Å². The van der Waals surface area contributed by atoms with Crippen molar-refractivity contribution >= 4 is 11.6 Å². The second-order valence-corrected chi connectivity index (χ2v) is 2.85. The van der Waals surface area contributed by atoms with Gasteiger partial charge in [-0.05, 0) is 24.1 Å². The molecular formula is C10H12FNO. The zero-order chi connectivity index (χ0) is 9.84. The normalized spacial score (nSPS) is 9.77. The fraction of sp³-hybridized carbons (Fsp3) is 0.300. The lowest BCUT2D eigenvalue weighted by atomic mass is 10.1. The first-order valence-electron chi connectivity index (χ1n) is 4.19. The standard InChI is InChI=1S/C10H12FNO/c1-3-8-4-5-10(9(11)6-8)12-7(2)13/h4-6H,3H2,1-2H3,(H,12,13). The molecule has 0 radical (unpaired) electrons. The Balaban J connectivity index is 2.91. The largest absolute Gasteiger partial charge is 0.324 e. The Morgan fingerprint density at radius 3 is 2.69 bits per heavy atom. The van der Waals surface area contributed by atoms with Gasteiger partial charge in [0.2, 0.25) is 5.91 Å². The number of carbonyl (C=O) groups excluding carboxylic acids is 1. The second-order valence-electron chi connectivity index (χ2n) is 2.85. The zero-order valence-electron chi connectivity index (χ0n) is 7.73. The monoisotopic (exact) mass is 181 g/mol. The minimum Gasteiger partial charge on any atom is -0.324 e. The average Bonchev–Trinajstić information content (AvgIpc) is 2.08. The summed E-state index contributed by atoms with van der Waals surface area (Å²) in [7, 11) is 0.